The molecule has 3 aromatic rings. The quantitative estimate of drug-likeness (QED) is 0.466. The van der Waals surface area contributed by atoms with Gasteiger partial charge in [-0.3, -0.25) is 4.79 Å². The second-order valence-corrected chi connectivity index (χ2v) is 8.66. The van der Waals surface area contributed by atoms with Crippen LogP contribution >= 0.6 is 23.2 Å². The van der Waals surface area contributed by atoms with Gasteiger partial charge in [-0.05, 0) is 68.5 Å². The highest BCUT2D eigenvalue weighted by Gasteiger charge is 2.13. The highest BCUT2D eigenvalue weighted by atomic mass is 35.5. The lowest BCUT2D eigenvalue weighted by molar-refractivity contribution is -0.118. The molecule has 3 rings (SSSR count). The Hall–Kier alpha value is -2.54. The molecular weight excluding hydrogens is 447 g/mol. The van der Waals surface area contributed by atoms with E-state index in [1.807, 2.05) is 25.2 Å². The van der Waals surface area contributed by atoms with Crippen LogP contribution in [0.15, 0.2) is 42.5 Å². The van der Waals surface area contributed by atoms with Crippen molar-refractivity contribution in [2.45, 2.75) is 13.3 Å². The maximum Gasteiger partial charge on any atom is 0.262 e. The Kier molecular flexibility index (Phi) is 8.18. The van der Waals surface area contributed by atoms with E-state index in [4.69, 9.17) is 32.9 Å². The van der Waals surface area contributed by atoms with Crippen LogP contribution < -0.4 is 15.0 Å². The molecule has 0 saturated heterocycles. The molecule has 0 spiro atoms. The Morgan fingerprint density at radius 1 is 1.06 bits per heavy atom. The van der Waals surface area contributed by atoms with Crippen LogP contribution in [-0.4, -0.2) is 56.6 Å². The summed E-state index contributed by atoms with van der Waals surface area (Å²) in [6, 6.07) is 12.8. The van der Waals surface area contributed by atoms with Crippen molar-refractivity contribution in [3.8, 4) is 5.75 Å². The number of ether oxygens (including phenoxy) is 1. The van der Waals surface area contributed by atoms with E-state index >= 15 is 0 Å². The number of aromatic nitrogens is 1. The number of hydrogen-bond acceptors (Lipinski definition) is 5. The molecular formula is C24H28Cl2N4O2. The van der Waals surface area contributed by atoms with Crippen molar-refractivity contribution in [3.05, 3.63) is 58.1 Å². The van der Waals surface area contributed by atoms with E-state index < -0.39 is 0 Å². The number of benzene rings is 2. The first-order chi connectivity index (χ1) is 15.3. The van der Waals surface area contributed by atoms with Crippen LogP contribution in [0.2, 0.25) is 10.0 Å². The number of nitrogens with zero attached hydrogens (tertiary/aromatic N) is 3. The maximum absolute atomic E-state index is 12.5. The van der Waals surface area contributed by atoms with Gasteiger partial charge in [-0.15, -0.1) is 0 Å². The average molecular weight is 475 g/mol. The molecule has 0 aliphatic rings. The van der Waals surface area contributed by atoms with Crippen LogP contribution in [0.5, 0.6) is 5.75 Å². The number of carbonyl (C=O) groups is 1. The average Bonchev–Trinajstić information content (AvgIpc) is 2.76. The summed E-state index contributed by atoms with van der Waals surface area (Å²) in [6.07, 6.45) is 0.758. The summed E-state index contributed by atoms with van der Waals surface area (Å²) < 4.78 is 5.54. The number of nitrogens with one attached hydrogen (secondary N) is 1. The second kappa shape index (κ2) is 10.9. The van der Waals surface area contributed by atoms with Crippen molar-refractivity contribution >= 4 is 51.5 Å². The molecule has 1 N–H and O–H groups in total. The van der Waals surface area contributed by atoms with Gasteiger partial charge in [0.1, 0.15) is 11.6 Å². The maximum atomic E-state index is 12.5. The van der Waals surface area contributed by atoms with E-state index in [1.165, 1.54) is 0 Å². The van der Waals surface area contributed by atoms with Gasteiger partial charge in [0.15, 0.2) is 6.61 Å². The fourth-order valence-corrected chi connectivity index (χ4v) is 3.81. The smallest absolute Gasteiger partial charge is 0.262 e. The van der Waals surface area contributed by atoms with Gasteiger partial charge in [-0.25, -0.2) is 4.98 Å². The number of halogens is 2. The Morgan fingerprint density at radius 2 is 1.84 bits per heavy atom. The van der Waals surface area contributed by atoms with Crippen molar-refractivity contribution in [1.29, 1.82) is 0 Å². The van der Waals surface area contributed by atoms with E-state index in [0.717, 1.165) is 47.5 Å². The molecule has 0 radical (unpaired) electrons. The van der Waals surface area contributed by atoms with Crippen LogP contribution in [-0.2, 0) is 11.2 Å². The summed E-state index contributed by atoms with van der Waals surface area (Å²) in [5.74, 6) is 1.07. The highest BCUT2D eigenvalue weighted by Crippen LogP contribution is 2.29. The lowest BCUT2D eigenvalue weighted by Gasteiger charge is -2.21. The molecule has 0 saturated carbocycles. The first kappa shape index (κ1) is 24.1. The number of aryl methyl sites for hydroxylation is 1. The number of rotatable bonds is 9. The zero-order valence-electron chi connectivity index (χ0n) is 18.8. The van der Waals surface area contributed by atoms with Gasteiger partial charge in [-0.2, -0.15) is 0 Å². The summed E-state index contributed by atoms with van der Waals surface area (Å²) in [5, 5.41) is 4.85. The fourth-order valence-electron chi connectivity index (χ4n) is 3.35. The molecule has 0 aliphatic carbocycles. The van der Waals surface area contributed by atoms with Crippen molar-refractivity contribution in [1.82, 2.24) is 9.88 Å². The predicted molar refractivity (Wildman–Crippen MR) is 134 cm³/mol. The first-order valence-electron chi connectivity index (χ1n) is 10.4. The predicted octanol–water partition coefficient (Wildman–Crippen LogP) is 5.12. The number of likely N-dealkylation sites (N-methyl/N-ethyl adjacent to an activating group) is 2. The van der Waals surface area contributed by atoms with Crippen molar-refractivity contribution in [2.24, 2.45) is 0 Å². The minimum absolute atomic E-state index is 0.156. The van der Waals surface area contributed by atoms with Crippen LogP contribution in [0.4, 0.5) is 11.5 Å². The normalized spacial score (nSPS) is 11.1. The van der Waals surface area contributed by atoms with E-state index in [-0.39, 0.29) is 12.5 Å². The summed E-state index contributed by atoms with van der Waals surface area (Å²) in [5.41, 5.74) is 2.69. The minimum Gasteiger partial charge on any atom is -0.482 e. The zero-order valence-corrected chi connectivity index (χ0v) is 20.3. The zero-order chi connectivity index (χ0) is 23.3. The first-order valence-corrected chi connectivity index (χ1v) is 11.2. The lowest BCUT2D eigenvalue weighted by Crippen LogP contribution is -2.28. The lowest BCUT2D eigenvalue weighted by atomic mass is 10.0. The molecule has 2 aromatic carbocycles. The third kappa shape index (κ3) is 6.03. The van der Waals surface area contributed by atoms with Gasteiger partial charge in [0.2, 0.25) is 0 Å². The van der Waals surface area contributed by atoms with E-state index in [9.17, 15) is 4.79 Å². The summed E-state index contributed by atoms with van der Waals surface area (Å²) in [4.78, 5) is 21.6. The SMILES string of the molecule is CCc1c(NC(=O)COc2ccc(Cl)cc2Cl)ccc2nc(N(C)CCN(C)C)ccc12. The topological polar surface area (TPSA) is 57.7 Å². The van der Waals surface area contributed by atoms with E-state index in [2.05, 4.69) is 42.2 Å². The molecule has 1 aromatic heterocycles. The van der Waals surface area contributed by atoms with Crippen molar-refractivity contribution < 1.29 is 9.53 Å². The Balaban J connectivity index is 1.73. The molecule has 0 bridgehead atoms. The monoisotopic (exact) mass is 474 g/mol. The molecule has 6 nitrogen and oxygen atoms in total. The van der Waals surface area contributed by atoms with E-state index in [0.29, 0.717) is 15.8 Å². The van der Waals surface area contributed by atoms with Gasteiger partial charge >= 0.3 is 0 Å². The van der Waals surface area contributed by atoms with Gasteiger partial charge in [0.05, 0.1) is 10.5 Å². The number of hydrogen-bond donors (Lipinski definition) is 1. The van der Waals surface area contributed by atoms with Gasteiger partial charge in [-0.1, -0.05) is 30.1 Å². The largest absolute Gasteiger partial charge is 0.482 e. The third-order valence-corrected chi connectivity index (χ3v) is 5.65. The molecule has 32 heavy (non-hydrogen) atoms. The number of amides is 1. The summed E-state index contributed by atoms with van der Waals surface area (Å²) in [6.45, 7) is 3.74. The number of anilines is 2. The molecule has 8 heteroatoms. The summed E-state index contributed by atoms with van der Waals surface area (Å²) in [7, 11) is 6.15. The fraction of sp³-hybridized carbons (Fsp3) is 0.333. The molecule has 0 aliphatic heterocycles. The van der Waals surface area contributed by atoms with Crippen LogP contribution in [0.3, 0.4) is 0 Å². The van der Waals surface area contributed by atoms with Crippen molar-refractivity contribution in [2.75, 3.05) is 51.1 Å². The Morgan fingerprint density at radius 3 is 2.53 bits per heavy atom. The van der Waals surface area contributed by atoms with Crippen LogP contribution in [0, 0.1) is 0 Å². The van der Waals surface area contributed by atoms with Crippen LogP contribution in [0.1, 0.15) is 12.5 Å². The minimum atomic E-state index is -0.266. The standard InChI is InChI=1S/C24H28Cl2N4O2/c1-5-17-18-7-11-23(30(4)13-12-29(2)3)27-21(18)9-8-20(17)28-24(31)15-32-22-10-6-16(25)14-19(22)26/h6-11,14H,5,12-13,15H2,1-4H3,(H,28,31). The second-order valence-electron chi connectivity index (χ2n) is 7.82. The third-order valence-electron chi connectivity index (χ3n) is 5.12. The number of pyridine rings is 1. The molecule has 1 heterocycles. The number of fused-ring (bicyclic) bond motifs is 1. The Labute approximate surface area is 199 Å². The molecule has 0 unspecified atom stereocenters. The molecule has 0 fully saturated rings. The highest BCUT2D eigenvalue weighted by molar-refractivity contribution is 6.35. The molecule has 170 valence electrons. The molecule has 0 atom stereocenters. The molecule has 1 amide bonds. The van der Waals surface area contributed by atoms with Crippen LogP contribution in [0.25, 0.3) is 10.9 Å². The van der Waals surface area contributed by atoms with Gasteiger partial charge in [0.25, 0.3) is 5.91 Å². The summed E-state index contributed by atoms with van der Waals surface area (Å²) >= 11 is 12.0. The van der Waals surface area contributed by atoms with Gasteiger partial charge < -0.3 is 19.9 Å². The Bertz CT molecular complexity index is 1100. The number of carbonyl (C=O) groups excluding carboxylic acids is 1. The van der Waals surface area contributed by atoms with Gasteiger partial charge in [0, 0.05) is 36.2 Å². The van der Waals surface area contributed by atoms with Crippen molar-refractivity contribution in [3.63, 3.8) is 0 Å². The van der Waals surface area contributed by atoms with E-state index in [1.54, 1.807) is 18.2 Å².